The highest BCUT2D eigenvalue weighted by molar-refractivity contribution is 5.88. The number of aromatic nitrogens is 3. The Bertz CT molecular complexity index is 1130. The first-order valence-electron chi connectivity index (χ1n) is 12.9. The number of benzene rings is 1. The van der Waals surface area contributed by atoms with Gasteiger partial charge >= 0.3 is 6.09 Å². The number of nitrogens with zero attached hydrogens (tertiary/aromatic N) is 6. The van der Waals surface area contributed by atoms with Crippen LogP contribution in [-0.2, 0) is 16.1 Å². The fourth-order valence-corrected chi connectivity index (χ4v) is 5.19. The van der Waals surface area contributed by atoms with Crippen LogP contribution in [0.3, 0.4) is 0 Å². The van der Waals surface area contributed by atoms with E-state index < -0.39 is 6.09 Å². The van der Waals surface area contributed by atoms with Crippen molar-refractivity contribution in [3.8, 4) is 0 Å². The van der Waals surface area contributed by atoms with E-state index in [4.69, 9.17) is 4.74 Å². The van der Waals surface area contributed by atoms with Crippen LogP contribution in [-0.4, -0.2) is 74.6 Å². The molecule has 1 N–H and O–H groups in total. The number of carbonyl (C=O) groups is 2. The van der Waals surface area contributed by atoms with Gasteiger partial charge in [0.05, 0.1) is 12.1 Å². The summed E-state index contributed by atoms with van der Waals surface area (Å²) in [7, 11) is 0. The zero-order chi connectivity index (χ0) is 26.7. The van der Waals surface area contributed by atoms with E-state index in [1.165, 1.54) is 16.5 Å². The molecule has 4 rings (SSSR count). The van der Waals surface area contributed by atoms with Crippen molar-refractivity contribution in [2.75, 3.05) is 29.9 Å². The van der Waals surface area contributed by atoms with Crippen molar-refractivity contribution in [1.82, 2.24) is 24.8 Å². The van der Waals surface area contributed by atoms with Crippen molar-refractivity contribution in [3.63, 3.8) is 0 Å². The van der Waals surface area contributed by atoms with Gasteiger partial charge in [0.15, 0.2) is 0 Å². The monoisotopic (exact) mass is 507 g/mol. The highest BCUT2D eigenvalue weighted by Crippen LogP contribution is 2.24. The number of aryl methyl sites for hydroxylation is 1. The summed E-state index contributed by atoms with van der Waals surface area (Å²) in [6, 6.07) is 8.64. The number of anilines is 2. The summed E-state index contributed by atoms with van der Waals surface area (Å²) in [6.45, 7) is 16.5. The standard InChI is InChI=1S/C27H37N7O3/c1-7-23-16-37-27(36)34(23)26-30-20(6)29-25(31-26)28-19(5)22-11-9-21(10-12-22)15-32-13-17(3)33(18(4)14-32)24(35)8-2/h8-12,17-19,23H,2,7,13-16H2,1,3-6H3,(H,28,29,30,31)/t17-,18+,19-,23-/m0/s1. The lowest BCUT2D eigenvalue weighted by atomic mass is 10.0. The first-order valence-corrected chi connectivity index (χ1v) is 12.9. The molecule has 2 aliphatic heterocycles. The minimum Gasteiger partial charge on any atom is -0.447 e. The largest absolute Gasteiger partial charge is 0.447 e. The number of hydrogen-bond donors (Lipinski definition) is 1. The maximum atomic E-state index is 12.2. The van der Waals surface area contributed by atoms with Gasteiger partial charge in [-0.2, -0.15) is 15.0 Å². The van der Waals surface area contributed by atoms with E-state index in [-0.39, 0.29) is 30.1 Å². The molecule has 10 nitrogen and oxygen atoms in total. The smallest absolute Gasteiger partial charge is 0.417 e. The van der Waals surface area contributed by atoms with Gasteiger partial charge in [-0.15, -0.1) is 0 Å². The Kier molecular flexibility index (Phi) is 8.06. The van der Waals surface area contributed by atoms with Crippen molar-refractivity contribution in [2.45, 2.75) is 71.8 Å². The van der Waals surface area contributed by atoms with E-state index in [9.17, 15) is 9.59 Å². The van der Waals surface area contributed by atoms with Crippen LogP contribution >= 0.6 is 0 Å². The van der Waals surface area contributed by atoms with Crippen LogP contribution in [0.15, 0.2) is 36.9 Å². The molecule has 2 fully saturated rings. The summed E-state index contributed by atoms with van der Waals surface area (Å²) in [5, 5.41) is 3.35. The van der Waals surface area contributed by atoms with E-state index >= 15 is 0 Å². The zero-order valence-corrected chi connectivity index (χ0v) is 22.3. The van der Waals surface area contributed by atoms with Gasteiger partial charge in [0.1, 0.15) is 12.4 Å². The molecule has 2 aliphatic rings. The highest BCUT2D eigenvalue weighted by atomic mass is 16.6. The Morgan fingerprint density at radius 3 is 2.49 bits per heavy atom. The summed E-state index contributed by atoms with van der Waals surface area (Å²) in [4.78, 5) is 43.6. The Morgan fingerprint density at radius 1 is 1.19 bits per heavy atom. The lowest BCUT2D eigenvalue weighted by molar-refractivity contribution is -0.133. The highest BCUT2D eigenvalue weighted by Gasteiger charge is 2.35. The second-order valence-electron chi connectivity index (χ2n) is 9.96. The number of hydrogen-bond acceptors (Lipinski definition) is 8. The van der Waals surface area contributed by atoms with Crippen molar-refractivity contribution < 1.29 is 14.3 Å². The number of amides is 2. The summed E-state index contributed by atoms with van der Waals surface area (Å²) in [6.07, 6.45) is 1.73. The van der Waals surface area contributed by atoms with E-state index in [0.29, 0.717) is 24.3 Å². The van der Waals surface area contributed by atoms with Crippen molar-refractivity contribution in [2.24, 2.45) is 0 Å². The van der Waals surface area contributed by atoms with Gasteiger partial charge in [-0.3, -0.25) is 9.69 Å². The van der Waals surface area contributed by atoms with E-state index in [0.717, 1.165) is 31.6 Å². The van der Waals surface area contributed by atoms with Crippen LogP contribution in [0, 0.1) is 6.92 Å². The maximum Gasteiger partial charge on any atom is 0.417 e. The Morgan fingerprint density at radius 2 is 1.86 bits per heavy atom. The fraction of sp³-hybridized carbons (Fsp3) is 0.519. The molecule has 198 valence electrons. The molecule has 2 saturated heterocycles. The minimum atomic E-state index is -0.426. The van der Waals surface area contributed by atoms with Gasteiger partial charge in [0, 0.05) is 31.7 Å². The van der Waals surface area contributed by atoms with Crippen LogP contribution in [0.5, 0.6) is 0 Å². The third-order valence-electron chi connectivity index (χ3n) is 7.04. The van der Waals surface area contributed by atoms with Gasteiger partial charge in [0.2, 0.25) is 17.8 Å². The molecule has 37 heavy (non-hydrogen) atoms. The Labute approximate surface area is 218 Å². The molecule has 10 heteroatoms. The van der Waals surface area contributed by atoms with E-state index in [1.807, 2.05) is 18.7 Å². The SMILES string of the molecule is C=CC(=O)N1[C@H](C)CN(Cc2ccc([C@H](C)Nc3nc(C)nc(N4C(=O)OC[C@@H]4CC)n3)cc2)C[C@@H]1C. The second-order valence-corrected chi connectivity index (χ2v) is 9.96. The third-order valence-corrected chi connectivity index (χ3v) is 7.04. The molecule has 3 heterocycles. The van der Waals surface area contributed by atoms with Gasteiger partial charge in [-0.05, 0) is 51.3 Å². The molecule has 0 saturated carbocycles. The molecule has 2 amide bonds. The number of carbonyl (C=O) groups excluding carboxylic acids is 2. The topological polar surface area (TPSA) is 104 Å². The average molecular weight is 508 g/mol. The molecule has 0 bridgehead atoms. The maximum absolute atomic E-state index is 12.2. The van der Waals surface area contributed by atoms with Gasteiger partial charge in [0.25, 0.3) is 0 Å². The molecule has 2 aromatic rings. The third kappa shape index (κ3) is 5.90. The Balaban J connectivity index is 1.40. The quantitative estimate of drug-likeness (QED) is 0.540. The van der Waals surface area contributed by atoms with Crippen LogP contribution in [0.1, 0.15) is 57.1 Å². The predicted molar refractivity (Wildman–Crippen MR) is 142 cm³/mol. The lowest BCUT2D eigenvalue weighted by Gasteiger charge is -2.44. The number of nitrogens with one attached hydrogen (secondary N) is 1. The molecular weight excluding hydrogens is 470 g/mol. The zero-order valence-electron chi connectivity index (χ0n) is 22.3. The van der Waals surface area contributed by atoms with Gasteiger partial charge in [-0.1, -0.05) is 37.8 Å². The van der Waals surface area contributed by atoms with E-state index in [1.54, 1.807) is 6.92 Å². The van der Waals surface area contributed by atoms with Crippen molar-refractivity contribution >= 4 is 23.9 Å². The second kappa shape index (κ2) is 11.2. The fourth-order valence-electron chi connectivity index (χ4n) is 5.19. The van der Waals surface area contributed by atoms with Crippen molar-refractivity contribution in [3.05, 3.63) is 53.9 Å². The van der Waals surface area contributed by atoms with Crippen LogP contribution in [0.2, 0.25) is 0 Å². The minimum absolute atomic E-state index is 0.00322. The lowest BCUT2D eigenvalue weighted by Crippen LogP contribution is -2.57. The molecule has 4 atom stereocenters. The molecule has 1 aromatic carbocycles. The first-order chi connectivity index (χ1) is 17.7. The molecule has 0 spiro atoms. The predicted octanol–water partition coefficient (Wildman–Crippen LogP) is 3.70. The number of piperazine rings is 1. The number of rotatable bonds is 8. The van der Waals surface area contributed by atoms with Crippen LogP contribution in [0.4, 0.5) is 16.7 Å². The van der Waals surface area contributed by atoms with Crippen molar-refractivity contribution in [1.29, 1.82) is 0 Å². The van der Waals surface area contributed by atoms with Crippen LogP contribution < -0.4 is 10.2 Å². The van der Waals surface area contributed by atoms with Gasteiger partial charge in [-0.25, -0.2) is 9.69 Å². The van der Waals surface area contributed by atoms with E-state index in [2.05, 4.69) is 69.9 Å². The van der Waals surface area contributed by atoms with Gasteiger partial charge < -0.3 is 15.0 Å². The molecule has 0 unspecified atom stereocenters. The summed E-state index contributed by atoms with van der Waals surface area (Å²) >= 11 is 0. The van der Waals surface area contributed by atoms with Crippen LogP contribution in [0.25, 0.3) is 0 Å². The average Bonchev–Trinajstić information content (AvgIpc) is 3.24. The molecular formula is C27H37N7O3. The molecule has 0 radical (unpaired) electrons. The summed E-state index contributed by atoms with van der Waals surface area (Å²) in [5.74, 6) is 1.26. The Hall–Kier alpha value is -3.53. The normalized spacial score (nSPS) is 23.1. The summed E-state index contributed by atoms with van der Waals surface area (Å²) < 4.78 is 5.19. The number of ether oxygens (including phenoxy) is 1. The number of cyclic esters (lactones) is 1. The summed E-state index contributed by atoms with van der Waals surface area (Å²) in [5.41, 5.74) is 2.31. The molecule has 0 aliphatic carbocycles. The molecule has 1 aromatic heterocycles. The first kappa shape index (κ1) is 26.5.